The van der Waals surface area contributed by atoms with Crippen LogP contribution in [0, 0.1) is 0 Å². The molecular formula is C5H12N4O3S. The normalized spacial score (nSPS) is 12.1. The van der Waals surface area contributed by atoms with E-state index >= 15 is 0 Å². The summed E-state index contributed by atoms with van der Waals surface area (Å²) in [7, 11) is -2.00. The molecule has 0 spiro atoms. The van der Waals surface area contributed by atoms with E-state index in [0.717, 1.165) is 6.26 Å². The maximum absolute atomic E-state index is 10.7. The first-order chi connectivity index (χ1) is 5.85. The third-order valence-corrected chi connectivity index (χ3v) is 1.43. The number of hydrogen-bond donors (Lipinski definition) is 3. The van der Waals surface area contributed by atoms with Gasteiger partial charge in [0.15, 0.2) is 0 Å². The predicted octanol–water partition coefficient (Wildman–Crippen LogP) is -1.84. The van der Waals surface area contributed by atoms with Crippen LogP contribution in [0.2, 0.25) is 0 Å². The number of rotatable bonds is 1. The number of amides is 1. The van der Waals surface area contributed by atoms with Gasteiger partial charge in [0.2, 0.25) is 21.9 Å². The average molecular weight is 208 g/mol. The lowest BCUT2D eigenvalue weighted by atomic mass is 10.8. The molecule has 0 radical (unpaired) electrons. The summed E-state index contributed by atoms with van der Waals surface area (Å²) in [5.74, 6) is -0.394. The molecule has 0 unspecified atom stereocenters. The molecule has 0 aromatic rings. The Kier molecular flexibility index (Phi) is 4.18. The molecule has 0 aliphatic carbocycles. The van der Waals surface area contributed by atoms with Crippen molar-refractivity contribution in [2.45, 2.75) is 6.92 Å². The first-order valence-electron chi connectivity index (χ1n) is 3.32. The zero-order chi connectivity index (χ0) is 10.5. The zero-order valence-electron chi connectivity index (χ0n) is 7.58. The van der Waals surface area contributed by atoms with Crippen molar-refractivity contribution in [1.82, 2.24) is 15.6 Å². The Hall–Kier alpha value is -1.31. The number of carbonyl (C=O) groups is 1. The lowest BCUT2D eigenvalue weighted by Crippen LogP contribution is -2.48. The molecule has 0 bridgehead atoms. The summed E-state index contributed by atoms with van der Waals surface area (Å²) < 4.78 is 23.5. The highest BCUT2D eigenvalue weighted by Crippen LogP contribution is 1.73. The van der Waals surface area contributed by atoms with Crippen molar-refractivity contribution in [2.24, 2.45) is 4.99 Å². The van der Waals surface area contributed by atoms with E-state index in [9.17, 15) is 13.2 Å². The van der Waals surface area contributed by atoms with Crippen LogP contribution in [-0.2, 0) is 14.8 Å². The van der Waals surface area contributed by atoms with Gasteiger partial charge in [0.05, 0.1) is 6.26 Å². The molecular weight excluding hydrogens is 196 g/mol. The molecule has 76 valence electrons. The Balaban J connectivity index is 4.16. The second kappa shape index (κ2) is 4.65. The summed E-state index contributed by atoms with van der Waals surface area (Å²) in [5.41, 5.74) is 4.46. The molecule has 0 aromatic carbocycles. The van der Waals surface area contributed by atoms with Crippen LogP contribution in [0.15, 0.2) is 4.99 Å². The van der Waals surface area contributed by atoms with E-state index in [2.05, 4.69) is 20.6 Å². The Morgan fingerprint density at radius 3 is 2.15 bits per heavy atom. The van der Waals surface area contributed by atoms with Gasteiger partial charge in [-0.25, -0.2) is 8.42 Å². The summed E-state index contributed by atoms with van der Waals surface area (Å²) in [6, 6.07) is 0. The molecule has 3 N–H and O–H groups in total. The van der Waals surface area contributed by atoms with Crippen molar-refractivity contribution >= 4 is 21.9 Å². The maximum atomic E-state index is 10.7. The molecule has 0 aliphatic heterocycles. The summed E-state index contributed by atoms with van der Waals surface area (Å²) >= 11 is 0. The fourth-order valence-electron chi connectivity index (χ4n) is 0.450. The van der Waals surface area contributed by atoms with Gasteiger partial charge in [-0.05, 0) is 0 Å². The van der Waals surface area contributed by atoms with E-state index in [1.165, 1.54) is 14.0 Å². The van der Waals surface area contributed by atoms with Gasteiger partial charge in [-0.2, -0.15) is 0 Å². The number of guanidine groups is 1. The summed E-state index contributed by atoms with van der Waals surface area (Å²) in [6.45, 7) is 1.28. The number of nitrogens with one attached hydrogen (secondary N) is 3. The molecule has 0 fully saturated rings. The Morgan fingerprint density at radius 1 is 1.31 bits per heavy atom. The largest absolute Gasteiger partial charge is 0.274 e. The topological polar surface area (TPSA) is 99.7 Å². The SMILES string of the molecule is CN=C(NNC(C)=O)NS(C)(=O)=O. The van der Waals surface area contributed by atoms with Gasteiger partial charge < -0.3 is 0 Å². The summed E-state index contributed by atoms with van der Waals surface area (Å²) in [5, 5.41) is 0. The van der Waals surface area contributed by atoms with Crippen LogP contribution in [0.1, 0.15) is 6.92 Å². The second-order valence-electron chi connectivity index (χ2n) is 2.25. The third kappa shape index (κ3) is 7.06. The van der Waals surface area contributed by atoms with Crippen molar-refractivity contribution < 1.29 is 13.2 Å². The molecule has 0 rings (SSSR count). The molecule has 0 atom stereocenters. The van der Waals surface area contributed by atoms with Crippen LogP contribution in [-0.4, -0.2) is 33.6 Å². The quantitative estimate of drug-likeness (QED) is 0.268. The predicted molar refractivity (Wildman–Crippen MR) is 48.3 cm³/mol. The third-order valence-electron chi connectivity index (χ3n) is 0.863. The van der Waals surface area contributed by atoms with Crippen LogP contribution in [0.5, 0.6) is 0 Å². The minimum Gasteiger partial charge on any atom is -0.274 e. The van der Waals surface area contributed by atoms with Gasteiger partial charge >= 0.3 is 0 Å². The van der Waals surface area contributed by atoms with E-state index in [4.69, 9.17) is 0 Å². The fourth-order valence-corrected chi connectivity index (χ4v) is 0.943. The smallest absolute Gasteiger partial charge is 0.235 e. The highest BCUT2D eigenvalue weighted by molar-refractivity contribution is 7.89. The van der Waals surface area contributed by atoms with Gasteiger partial charge in [-0.15, -0.1) is 0 Å². The molecule has 0 aliphatic rings. The lowest BCUT2D eigenvalue weighted by Gasteiger charge is -2.09. The highest BCUT2D eigenvalue weighted by atomic mass is 32.2. The number of sulfonamides is 1. The number of hydrogen-bond acceptors (Lipinski definition) is 4. The standard InChI is InChI=1S/C5H12N4O3S/c1-4(10)7-8-5(6-2)9-13(3,11)12/h1-3H3,(H,7,10)(H2,6,8,9). The van der Waals surface area contributed by atoms with Crippen molar-refractivity contribution in [3.63, 3.8) is 0 Å². The monoisotopic (exact) mass is 208 g/mol. The molecule has 0 saturated heterocycles. The van der Waals surface area contributed by atoms with Crippen molar-refractivity contribution in [2.75, 3.05) is 13.3 Å². The van der Waals surface area contributed by atoms with Crippen molar-refractivity contribution in [3.8, 4) is 0 Å². The van der Waals surface area contributed by atoms with Crippen LogP contribution in [0.25, 0.3) is 0 Å². The lowest BCUT2D eigenvalue weighted by molar-refractivity contribution is -0.119. The summed E-state index contributed by atoms with van der Waals surface area (Å²) in [6.07, 6.45) is 0.980. The Labute approximate surface area is 76.6 Å². The van der Waals surface area contributed by atoms with Gasteiger partial charge in [0.25, 0.3) is 0 Å². The van der Waals surface area contributed by atoms with Crippen LogP contribution >= 0.6 is 0 Å². The van der Waals surface area contributed by atoms with Crippen molar-refractivity contribution in [3.05, 3.63) is 0 Å². The van der Waals surface area contributed by atoms with E-state index in [-0.39, 0.29) is 11.9 Å². The second-order valence-corrected chi connectivity index (χ2v) is 4.00. The first kappa shape index (κ1) is 11.7. The van der Waals surface area contributed by atoms with Crippen LogP contribution in [0.3, 0.4) is 0 Å². The van der Waals surface area contributed by atoms with Gasteiger partial charge in [-0.3, -0.25) is 25.4 Å². The molecule has 0 saturated carbocycles. The van der Waals surface area contributed by atoms with Crippen LogP contribution < -0.4 is 15.6 Å². The van der Waals surface area contributed by atoms with E-state index in [1.807, 2.05) is 0 Å². The van der Waals surface area contributed by atoms with Gasteiger partial charge in [0, 0.05) is 14.0 Å². The van der Waals surface area contributed by atoms with E-state index < -0.39 is 10.0 Å². The number of aliphatic imine (C=N–C) groups is 1. The zero-order valence-corrected chi connectivity index (χ0v) is 8.40. The van der Waals surface area contributed by atoms with E-state index in [0.29, 0.717) is 0 Å². The molecule has 0 heterocycles. The molecule has 8 heteroatoms. The van der Waals surface area contributed by atoms with Gasteiger partial charge in [-0.1, -0.05) is 0 Å². The molecule has 13 heavy (non-hydrogen) atoms. The fraction of sp³-hybridized carbons (Fsp3) is 0.600. The molecule has 7 nitrogen and oxygen atoms in total. The minimum absolute atomic E-state index is 0.0438. The average Bonchev–Trinajstić information content (AvgIpc) is 1.95. The number of hydrazine groups is 1. The number of carbonyl (C=O) groups excluding carboxylic acids is 1. The summed E-state index contributed by atoms with van der Waals surface area (Å²) in [4.78, 5) is 14.0. The number of nitrogens with zero attached hydrogens (tertiary/aromatic N) is 1. The molecule has 1 amide bonds. The van der Waals surface area contributed by atoms with Gasteiger partial charge in [0.1, 0.15) is 0 Å². The minimum atomic E-state index is -3.38. The maximum Gasteiger partial charge on any atom is 0.235 e. The first-order valence-corrected chi connectivity index (χ1v) is 5.21. The Morgan fingerprint density at radius 2 is 1.85 bits per heavy atom. The van der Waals surface area contributed by atoms with Crippen molar-refractivity contribution in [1.29, 1.82) is 0 Å². The Bertz CT molecular complexity index is 308. The van der Waals surface area contributed by atoms with Crippen LogP contribution in [0.4, 0.5) is 0 Å². The highest BCUT2D eigenvalue weighted by Gasteiger charge is 2.04. The molecule has 0 aromatic heterocycles. The van der Waals surface area contributed by atoms with E-state index in [1.54, 1.807) is 0 Å².